The Hall–Kier alpha value is -2.68. The van der Waals surface area contributed by atoms with Crippen molar-refractivity contribution in [1.29, 1.82) is 0 Å². The molecule has 0 radical (unpaired) electrons. The third-order valence-electron chi connectivity index (χ3n) is 3.81. The number of benzene rings is 1. The van der Waals surface area contributed by atoms with E-state index in [9.17, 15) is 14.4 Å². The van der Waals surface area contributed by atoms with Gasteiger partial charge in [-0.25, -0.2) is 4.79 Å². The first kappa shape index (κ1) is 24.4. The van der Waals surface area contributed by atoms with Crippen molar-refractivity contribution >= 4 is 35.1 Å². The molecule has 0 spiro atoms. The molecule has 0 atom stereocenters. The van der Waals surface area contributed by atoms with Crippen molar-refractivity contribution in [2.24, 2.45) is 0 Å². The topological polar surface area (TPSA) is 106 Å². The van der Waals surface area contributed by atoms with Gasteiger partial charge in [0.25, 0.3) is 5.91 Å². The summed E-state index contributed by atoms with van der Waals surface area (Å²) in [6.07, 6.45) is 5.66. The van der Waals surface area contributed by atoms with Crippen LogP contribution in [0.15, 0.2) is 24.3 Å². The molecule has 0 bridgehead atoms. The van der Waals surface area contributed by atoms with E-state index >= 15 is 0 Å². The summed E-state index contributed by atoms with van der Waals surface area (Å²) in [6, 6.07) is 6.24. The van der Waals surface area contributed by atoms with Crippen LogP contribution < -0.4 is 20.9 Å². The molecule has 3 N–H and O–H groups in total. The molecule has 9 heteroatoms. The van der Waals surface area contributed by atoms with Crippen LogP contribution in [-0.2, 0) is 14.3 Å². The quantitative estimate of drug-likeness (QED) is 0.217. The number of carbonyl (C=O) groups is 3. The van der Waals surface area contributed by atoms with Crippen LogP contribution in [0.2, 0.25) is 0 Å². The van der Waals surface area contributed by atoms with Gasteiger partial charge in [0.15, 0.2) is 11.7 Å². The van der Waals surface area contributed by atoms with Crippen LogP contribution in [0.3, 0.4) is 0 Å². The monoisotopic (exact) mass is 423 g/mol. The molecule has 0 unspecified atom stereocenters. The van der Waals surface area contributed by atoms with E-state index in [2.05, 4.69) is 23.1 Å². The molecule has 1 aromatic carbocycles. The number of rotatable bonds is 11. The normalized spacial score (nSPS) is 10.0. The third-order valence-corrected chi connectivity index (χ3v) is 4.02. The Labute approximate surface area is 176 Å². The maximum atomic E-state index is 11.8. The summed E-state index contributed by atoms with van der Waals surface area (Å²) < 4.78 is 10.2. The number of hydrazine groups is 1. The number of hydrogen-bond donors (Lipinski definition) is 3. The number of hydrogen-bond acceptors (Lipinski definition) is 6. The first-order valence-electron chi connectivity index (χ1n) is 9.74. The molecule has 0 fully saturated rings. The summed E-state index contributed by atoms with van der Waals surface area (Å²) in [7, 11) is 0. The standard InChI is InChI=1S/C20H29N3O5S/c1-3-5-6-7-8-9-17(24)21-20(29)23-22-18(25)14-28-16-12-10-15(11-13-16)19(26)27-4-2/h10-13H,3-9,14H2,1-2H3,(H,22,25)(H2,21,23,24,29). The summed E-state index contributed by atoms with van der Waals surface area (Å²) in [4.78, 5) is 35.1. The van der Waals surface area contributed by atoms with Crippen molar-refractivity contribution in [2.45, 2.75) is 52.4 Å². The molecular weight excluding hydrogens is 394 g/mol. The maximum Gasteiger partial charge on any atom is 0.338 e. The molecule has 160 valence electrons. The lowest BCUT2D eigenvalue weighted by Gasteiger charge is -2.11. The fourth-order valence-electron chi connectivity index (χ4n) is 2.32. The number of esters is 1. The number of unbranched alkanes of at least 4 members (excludes halogenated alkanes) is 4. The number of carbonyl (C=O) groups excluding carboxylic acids is 3. The van der Waals surface area contributed by atoms with Crippen molar-refractivity contribution in [1.82, 2.24) is 16.2 Å². The minimum Gasteiger partial charge on any atom is -0.484 e. The Kier molecular flexibility index (Phi) is 12.0. The SMILES string of the molecule is CCCCCCCC(=O)NC(=S)NNC(=O)COc1ccc(C(=O)OCC)cc1. The van der Waals surface area contributed by atoms with E-state index < -0.39 is 11.9 Å². The van der Waals surface area contributed by atoms with Crippen LogP contribution in [-0.4, -0.2) is 36.1 Å². The van der Waals surface area contributed by atoms with Crippen LogP contribution in [0.4, 0.5) is 0 Å². The molecule has 0 aromatic heterocycles. The highest BCUT2D eigenvalue weighted by Gasteiger charge is 2.08. The summed E-state index contributed by atoms with van der Waals surface area (Å²) in [6.45, 7) is 3.90. The lowest BCUT2D eigenvalue weighted by molar-refractivity contribution is -0.124. The number of ether oxygens (including phenoxy) is 2. The minimum atomic E-state index is -0.476. The summed E-state index contributed by atoms with van der Waals surface area (Å²) >= 11 is 4.96. The van der Waals surface area contributed by atoms with Crippen LogP contribution in [0.1, 0.15) is 62.7 Å². The van der Waals surface area contributed by atoms with E-state index in [1.54, 1.807) is 31.2 Å². The number of thiocarbonyl (C=S) groups is 1. The predicted octanol–water partition coefficient (Wildman–Crippen LogP) is 2.62. The van der Waals surface area contributed by atoms with Gasteiger partial charge in [0.2, 0.25) is 5.91 Å². The van der Waals surface area contributed by atoms with Crippen molar-refractivity contribution in [3.8, 4) is 5.75 Å². The van der Waals surface area contributed by atoms with Gasteiger partial charge < -0.3 is 14.8 Å². The summed E-state index contributed by atoms with van der Waals surface area (Å²) in [5.74, 6) is -0.661. The highest BCUT2D eigenvalue weighted by atomic mass is 32.1. The predicted molar refractivity (Wildman–Crippen MR) is 113 cm³/mol. The van der Waals surface area contributed by atoms with Gasteiger partial charge in [-0.2, -0.15) is 0 Å². The first-order valence-corrected chi connectivity index (χ1v) is 10.2. The fraction of sp³-hybridized carbons (Fsp3) is 0.500. The first-order chi connectivity index (χ1) is 14.0. The smallest absolute Gasteiger partial charge is 0.338 e. The molecule has 0 aliphatic rings. The Morgan fingerprint density at radius 2 is 1.62 bits per heavy atom. The van der Waals surface area contributed by atoms with Gasteiger partial charge in [0.1, 0.15) is 5.75 Å². The molecular formula is C20H29N3O5S. The molecule has 0 aliphatic carbocycles. The second kappa shape index (κ2) is 14.3. The molecule has 0 heterocycles. The van der Waals surface area contributed by atoms with Crippen LogP contribution in [0, 0.1) is 0 Å². The van der Waals surface area contributed by atoms with Crippen LogP contribution in [0.5, 0.6) is 5.75 Å². The fourth-order valence-corrected chi connectivity index (χ4v) is 2.49. The van der Waals surface area contributed by atoms with Crippen molar-refractivity contribution < 1.29 is 23.9 Å². The van der Waals surface area contributed by atoms with Gasteiger partial charge in [0.05, 0.1) is 12.2 Å². The average molecular weight is 424 g/mol. The Morgan fingerprint density at radius 3 is 2.28 bits per heavy atom. The maximum absolute atomic E-state index is 11.8. The van der Waals surface area contributed by atoms with E-state index in [1.165, 1.54) is 6.42 Å². The van der Waals surface area contributed by atoms with E-state index in [4.69, 9.17) is 21.7 Å². The van der Waals surface area contributed by atoms with E-state index in [0.29, 0.717) is 24.3 Å². The molecule has 0 saturated carbocycles. The highest BCUT2D eigenvalue weighted by Crippen LogP contribution is 2.12. The average Bonchev–Trinajstić information content (AvgIpc) is 2.71. The molecule has 1 rings (SSSR count). The van der Waals surface area contributed by atoms with Crippen LogP contribution >= 0.6 is 12.2 Å². The lowest BCUT2D eigenvalue weighted by Crippen LogP contribution is -2.49. The Bertz CT molecular complexity index is 679. The van der Waals surface area contributed by atoms with Gasteiger partial charge in [-0.05, 0) is 49.8 Å². The number of amides is 2. The van der Waals surface area contributed by atoms with E-state index in [1.807, 2.05) is 0 Å². The molecule has 8 nitrogen and oxygen atoms in total. The lowest BCUT2D eigenvalue weighted by atomic mass is 10.1. The van der Waals surface area contributed by atoms with Crippen molar-refractivity contribution in [2.75, 3.05) is 13.2 Å². The van der Waals surface area contributed by atoms with Gasteiger partial charge in [-0.3, -0.25) is 20.4 Å². The molecule has 1 aromatic rings. The molecule has 2 amide bonds. The minimum absolute atomic E-state index is 0.0238. The number of nitrogens with one attached hydrogen (secondary N) is 3. The van der Waals surface area contributed by atoms with Crippen LogP contribution in [0.25, 0.3) is 0 Å². The van der Waals surface area contributed by atoms with Crippen molar-refractivity contribution in [3.63, 3.8) is 0 Å². The molecule has 0 saturated heterocycles. The Balaban J connectivity index is 2.22. The summed E-state index contributed by atoms with van der Waals surface area (Å²) in [5, 5.41) is 2.53. The van der Waals surface area contributed by atoms with Gasteiger partial charge >= 0.3 is 5.97 Å². The van der Waals surface area contributed by atoms with E-state index in [0.717, 1.165) is 25.7 Å². The van der Waals surface area contributed by atoms with Gasteiger partial charge in [-0.15, -0.1) is 0 Å². The Morgan fingerprint density at radius 1 is 0.931 bits per heavy atom. The highest BCUT2D eigenvalue weighted by molar-refractivity contribution is 7.80. The third kappa shape index (κ3) is 11.0. The molecule has 29 heavy (non-hydrogen) atoms. The molecule has 0 aliphatic heterocycles. The summed E-state index contributed by atoms with van der Waals surface area (Å²) in [5.41, 5.74) is 5.20. The second-order valence-electron chi connectivity index (χ2n) is 6.25. The zero-order valence-electron chi connectivity index (χ0n) is 16.9. The van der Waals surface area contributed by atoms with Gasteiger partial charge in [0, 0.05) is 6.42 Å². The van der Waals surface area contributed by atoms with Gasteiger partial charge in [-0.1, -0.05) is 32.6 Å². The largest absolute Gasteiger partial charge is 0.484 e. The van der Waals surface area contributed by atoms with E-state index in [-0.39, 0.29) is 17.6 Å². The zero-order valence-corrected chi connectivity index (χ0v) is 17.7. The van der Waals surface area contributed by atoms with Crippen molar-refractivity contribution in [3.05, 3.63) is 29.8 Å². The second-order valence-corrected chi connectivity index (χ2v) is 6.66. The zero-order chi connectivity index (χ0) is 21.5.